The molecule has 0 aromatic carbocycles. The molecule has 0 aliphatic heterocycles. The van der Waals surface area contributed by atoms with Crippen molar-refractivity contribution >= 4 is 16.8 Å². The van der Waals surface area contributed by atoms with Crippen molar-refractivity contribution in [2.75, 3.05) is 12.8 Å². The van der Waals surface area contributed by atoms with Crippen LogP contribution in [0.1, 0.15) is 6.42 Å². The molecule has 0 radical (unpaired) electrons. The first-order chi connectivity index (χ1) is 3.31. The molecule has 0 aromatic rings. The van der Waals surface area contributed by atoms with Gasteiger partial charge < -0.3 is 5.73 Å². The molecule has 3 heteroatoms. The third-order valence-electron chi connectivity index (χ3n) is 0.618. The van der Waals surface area contributed by atoms with Crippen molar-refractivity contribution < 1.29 is 0 Å². The van der Waals surface area contributed by atoms with Crippen LogP contribution in [0.5, 0.6) is 0 Å². The van der Waals surface area contributed by atoms with Crippen LogP contribution in [0.2, 0.25) is 0 Å². The van der Waals surface area contributed by atoms with Gasteiger partial charge in [-0.25, -0.2) is 0 Å². The van der Waals surface area contributed by atoms with E-state index in [0.717, 1.165) is 6.42 Å². The van der Waals surface area contributed by atoms with Crippen LogP contribution < -0.4 is 5.73 Å². The summed E-state index contributed by atoms with van der Waals surface area (Å²) in [5.41, 5.74) is 5.15. The zero-order chi connectivity index (χ0) is 5.70. The minimum atomic E-state index is 0.597. The summed E-state index contributed by atoms with van der Waals surface area (Å²) < 4.78 is 0. The minimum Gasteiger partial charge on any atom is -0.330 e. The number of rotatable bonds is 2. The summed E-state index contributed by atoms with van der Waals surface area (Å²) in [5, 5.41) is 7.69. The van der Waals surface area contributed by atoms with E-state index < -0.39 is 0 Å². The van der Waals surface area contributed by atoms with E-state index in [0.29, 0.717) is 11.6 Å². The third kappa shape index (κ3) is 3.82. The first-order valence-electron chi connectivity index (χ1n) is 2.12. The zero-order valence-corrected chi connectivity index (χ0v) is 5.22. The second-order valence-corrected chi connectivity index (χ2v) is 2.07. The molecule has 3 N–H and O–H groups in total. The normalized spacial score (nSPS) is 8.86. The number of nitrogens with two attached hydrogens (primary N) is 1. The molecule has 0 unspecified atom stereocenters. The van der Waals surface area contributed by atoms with E-state index >= 15 is 0 Å². The summed E-state index contributed by atoms with van der Waals surface area (Å²) in [6.07, 6.45) is 2.61. The molecule has 0 fully saturated rings. The van der Waals surface area contributed by atoms with E-state index in [2.05, 4.69) is 0 Å². The summed E-state index contributed by atoms with van der Waals surface area (Å²) >= 11 is 1.45. The average Bonchev–Trinajstić information content (AvgIpc) is 1.68. The van der Waals surface area contributed by atoms with Gasteiger partial charge in [-0.2, -0.15) is 0 Å². The lowest BCUT2D eigenvalue weighted by molar-refractivity contribution is 1.05. The molecule has 7 heavy (non-hydrogen) atoms. The molecule has 0 bridgehead atoms. The zero-order valence-electron chi connectivity index (χ0n) is 4.40. The maximum Gasteiger partial charge on any atom is 0.0651 e. The smallest absolute Gasteiger partial charge is 0.0651 e. The molecule has 0 saturated heterocycles. The Morgan fingerprint density at radius 3 is 2.57 bits per heavy atom. The van der Waals surface area contributed by atoms with Crippen molar-refractivity contribution in [1.82, 2.24) is 0 Å². The van der Waals surface area contributed by atoms with Crippen molar-refractivity contribution in [3.63, 3.8) is 0 Å². The van der Waals surface area contributed by atoms with Crippen molar-refractivity contribution in [3.05, 3.63) is 0 Å². The predicted octanol–water partition coefficient (Wildman–Crippen LogP) is 0.675. The van der Waals surface area contributed by atoms with Crippen LogP contribution >= 0.6 is 11.8 Å². The summed E-state index contributed by atoms with van der Waals surface area (Å²) in [6.45, 7) is 0.597. The van der Waals surface area contributed by atoms with Gasteiger partial charge in [0.15, 0.2) is 0 Å². The third-order valence-corrected chi connectivity index (χ3v) is 1.31. The number of hydrogen-bond acceptors (Lipinski definition) is 3. The van der Waals surface area contributed by atoms with Crippen LogP contribution in [0.3, 0.4) is 0 Å². The van der Waals surface area contributed by atoms with Gasteiger partial charge in [0.2, 0.25) is 0 Å². The Morgan fingerprint density at radius 2 is 2.43 bits per heavy atom. The highest BCUT2D eigenvalue weighted by molar-refractivity contribution is 8.13. The van der Waals surface area contributed by atoms with Gasteiger partial charge in [-0.3, -0.25) is 5.41 Å². The monoisotopic (exact) mass is 118 g/mol. The van der Waals surface area contributed by atoms with Gasteiger partial charge in [0.1, 0.15) is 0 Å². The molecule has 0 amide bonds. The van der Waals surface area contributed by atoms with E-state index in [-0.39, 0.29) is 0 Å². The van der Waals surface area contributed by atoms with Crippen molar-refractivity contribution in [2.24, 2.45) is 5.73 Å². The SMILES string of the molecule is CSC(=N)CCN. The van der Waals surface area contributed by atoms with E-state index in [1.807, 2.05) is 6.26 Å². The van der Waals surface area contributed by atoms with Gasteiger partial charge >= 0.3 is 0 Å². The second-order valence-electron chi connectivity index (χ2n) is 1.17. The fraction of sp³-hybridized carbons (Fsp3) is 0.750. The summed E-state index contributed by atoms with van der Waals surface area (Å²) in [5.74, 6) is 0. The molecule has 0 rings (SSSR count). The van der Waals surface area contributed by atoms with E-state index in [1.165, 1.54) is 11.8 Å². The maximum atomic E-state index is 7.02. The van der Waals surface area contributed by atoms with Gasteiger partial charge in [0.25, 0.3) is 0 Å². The van der Waals surface area contributed by atoms with Gasteiger partial charge in [-0.1, -0.05) is 0 Å². The standard InChI is InChI=1S/C4H10N2S/c1-7-4(6)2-3-5/h6H,2-3,5H2,1H3. The lowest BCUT2D eigenvalue weighted by Crippen LogP contribution is -2.02. The molecule has 2 nitrogen and oxygen atoms in total. The fourth-order valence-electron chi connectivity index (χ4n) is 0.233. The Morgan fingerprint density at radius 1 is 1.86 bits per heavy atom. The summed E-state index contributed by atoms with van der Waals surface area (Å²) in [7, 11) is 0. The van der Waals surface area contributed by atoms with Crippen molar-refractivity contribution in [1.29, 1.82) is 5.41 Å². The Labute approximate surface area is 48.0 Å². The van der Waals surface area contributed by atoms with E-state index in [1.54, 1.807) is 0 Å². The van der Waals surface area contributed by atoms with Crippen LogP contribution in [0.4, 0.5) is 0 Å². The van der Waals surface area contributed by atoms with Gasteiger partial charge in [0, 0.05) is 6.42 Å². The topological polar surface area (TPSA) is 49.9 Å². The molecule has 0 aliphatic rings. The lowest BCUT2D eigenvalue weighted by atomic mass is 10.5. The number of hydrogen-bond donors (Lipinski definition) is 2. The van der Waals surface area contributed by atoms with E-state index in [4.69, 9.17) is 11.1 Å². The quantitative estimate of drug-likeness (QED) is 0.413. The largest absolute Gasteiger partial charge is 0.330 e. The molecule has 0 spiro atoms. The van der Waals surface area contributed by atoms with Crippen LogP contribution in [0.25, 0.3) is 0 Å². The predicted molar refractivity (Wildman–Crippen MR) is 34.9 cm³/mol. The summed E-state index contributed by atoms with van der Waals surface area (Å²) in [4.78, 5) is 0. The average molecular weight is 118 g/mol. The second kappa shape index (κ2) is 4.15. The minimum absolute atomic E-state index is 0.597. The molecule has 0 atom stereocenters. The molecule has 0 heterocycles. The number of thioether (sulfide) groups is 1. The first kappa shape index (κ1) is 6.98. The maximum absolute atomic E-state index is 7.02. The number of nitrogens with one attached hydrogen (secondary N) is 1. The molecular weight excluding hydrogens is 108 g/mol. The highest BCUT2D eigenvalue weighted by Gasteiger charge is 1.87. The van der Waals surface area contributed by atoms with Crippen LogP contribution in [0.15, 0.2) is 0 Å². The van der Waals surface area contributed by atoms with Gasteiger partial charge in [0.05, 0.1) is 5.04 Å². The molecule has 0 saturated carbocycles. The first-order valence-corrected chi connectivity index (χ1v) is 3.35. The fourth-order valence-corrected chi connectivity index (χ4v) is 0.555. The Kier molecular flexibility index (Phi) is 4.14. The Bertz CT molecular complexity index is 62.7. The molecular formula is C4H10N2S. The van der Waals surface area contributed by atoms with Crippen LogP contribution in [-0.2, 0) is 0 Å². The van der Waals surface area contributed by atoms with Crippen LogP contribution in [-0.4, -0.2) is 17.8 Å². The Balaban J connectivity index is 3.00. The van der Waals surface area contributed by atoms with Crippen molar-refractivity contribution in [2.45, 2.75) is 6.42 Å². The van der Waals surface area contributed by atoms with Gasteiger partial charge in [-0.15, -0.1) is 11.8 Å². The lowest BCUT2D eigenvalue weighted by Gasteiger charge is -1.91. The van der Waals surface area contributed by atoms with Crippen molar-refractivity contribution in [3.8, 4) is 0 Å². The van der Waals surface area contributed by atoms with Gasteiger partial charge in [-0.05, 0) is 12.8 Å². The van der Waals surface area contributed by atoms with E-state index in [9.17, 15) is 0 Å². The molecule has 0 aromatic heterocycles. The highest BCUT2D eigenvalue weighted by Crippen LogP contribution is 1.96. The Hall–Kier alpha value is -0.0200. The highest BCUT2D eigenvalue weighted by atomic mass is 32.2. The molecule has 0 aliphatic carbocycles. The molecule has 42 valence electrons. The summed E-state index contributed by atoms with van der Waals surface area (Å²) in [6, 6.07) is 0. The van der Waals surface area contributed by atoms with Crippen LogP contribution in [0, 0.1) is 5.41 Å².